The molecule has 0 aromatic carbocycles. The summed E-state index contributed by atoms with van der Waals surface area (Å²) in [6.45, 7) is 4.31. The van der Waals surface area contributed by atoms with Crippen LogP contribution >= 0.6 is 7.60 Å². The Bertz CT molecular complexity index is 342. The van der Waals surface area contributed by atoms with E-state index in [2.05, 4.69) is 0 Å². The van der Waals surface area contributed by atoms with Crippen LogP contribution in [0.5, 0.6) is 0 Å². The Morgan fingerprint density at radius 2 is 2.06 bits per heavy atom. The third-order valence-electron chi connectivity index (χ3n) is 3.18. The van der Waals surface area contributed by atoms with E-state index in [0.29, 0.717) is 19.4 Å². The summed E-state index contributed by atoms with van der Waals surface area (Å²) in [5.74, 6) is -1.05. The molecule has 2 atom stereocenters. The average molecular weight is 278 g/mol. The summed E-state index contributed by atoms with van der Waals surface area (Å²) in [5.41, 5.74) is 5.81. The minimum Gasteiger partial charge on any atom is -0.327 e. The molecule has 0 aliphatic carbocycles. The fourth-order valence-electron chi connectivity index (χ4n) is 2.34. The molecule has 1 heterocycles. The van der Waals surface area contributed by atoms with E-state index in [1.807, 2.05) is 13.8 Å². The molecule has 1 unspecified atom stereocenters. The van der Waals surface area contributed by atoms with Crippen molar-refractivity contribution < 1.29 is 19.1 Å². The molecule has 0 saturated carbocycles. The lowest BCUT2D eigenvalue weighted by Crippen LogP contribution is -2.50. The van der Waals surface area contributed by atoms with Crippen LogP contribution in [0.25, 0.3) is 0 Å². The summed E-state index contributed by atoms with van der Waals surface area (Å²) >= 11 is 0. The maximum absolute atomic E-state index is 12.1. The van der Waals surface area contributed by atoms with Crippen LogP contribution in [-0.4, -0.2) is 39.0 Å². The number of amides is 1. The molecule has 1 aliphatic rings. The van der Waals surface area contributed by atoms with E-state index in [1.165, 1.54) is 4.90 Å². The van der Waals surface area contributed by atoms with Crippen LogP contribution in [0.1, 0.15) is 39.5 Å². The van der Waals surface area contributed by atoms with Crippen LogP contribution in [0.15, 0.2) is 0 Å². The summed E-state index contributed by atoms with van der Waals surface area (Å²) in [4.78, 5) is 32.0. The number of carbonyl (C=O) groups is 1. The van der Waals surface area contributed by atoms with E-state index < -0.39 is 19.4 Å². The first kappa shape index (κ1) is 15.6. The molecular formula is C11H23N2O4P. The molecule has 1 amide bonds. The Labute approximate surface area is 108 Å². The van der Waals surface area contributed by atoms with Crippen molar-refractivity contribution >= 4 is 13.5 Å². The highest BCUT2D eigenvalue weighted by molar-refractivity contribution is 7.52. The molecular weight excluding hydrogens is 255 g/mol. The van der Waals surface area contributed by atoms with Crippen molar-refractivity contribution in [1.29, 1.82) is 0 Å². The fraction of sp³-hybridized carbons (Fsp3) is 0.909. The number of nitrogens with zero attached hydrogens (tertiary/aromatic N) is 1. The van der Waals surface area contributed by atoms with E-state index in [-0.39, 0.29) is 11.8 Å². The number of carbonyl (C=O) groups excluding carboxylic acids is 1. The van der Waals surface area contributed by atoms with Gasteiger partial charge in [0.15, 0.2) is 0 Å². The molecule has 106 valence electrons. The second-order valence-electron chi connectivity index (χ2n) is 5.33. The quantitative estimate of drug-likeness (QED) is 0.662. The summed E-state index contributed by atoms with van der Waals surface area (Å²) in [7, 11) is -4.28. The Hall–Kier alpha value is -0.420. The zero-order valence-corrected chi connectivity index (χ0v) is 11.8. The largest absolute Gasteiger partial charge is 0.347 e. The second-order valence-corrected chi connectivity index (χ2v) is 7.11. The second kappa shape index (κ2) is 6.15. The van der Waals surface area contributed by atoms with Gasteiger partial charge in [-0.05, 0) is 31.6 Å². The Morgan fingerprint density at radius 1 is 1.44 bits per heavy atom. The fourth-order valence-corrected chi connectivity index (χ4v) is 3.45. The molecule has 4 N–H and O–H groups in total. The third kappa shape index (κ3) is 4.05. The summed E-state index contributed by atoms with van der Waals surface area (Å²) in [6, 6.07) is -0.669. The van der Waals surface area contributed by atoms with Crippen molar-refractivity contribution in [2.75, 3.05) is 6.54 Å². The predicted molar refractivity (Wildman–Crippen MR) is 68.8 cm³/mol. The van der Waals surface area contributed by atoms with Gasteiger partial charge in [0, 0.05) is 6.54 Å². The standard InChI is InChI=1S/C11H23N2O4P/c1-8(2)7-9(12)11(14)13-6-4-3-5-10(13)18(15,16)17/h8-10H,3-7,12H2,1-2H3,(H2,15,16,17)/t9-,10?/m0/s1. The molecule has 1 rings (SSSR count). The first-order valence-electron chi connectivity index (χ1n) is 6.34. The topological polar surface area (TPSA) is 104 Å². The van der Waals surface area contributed by atoms with Crippen LogP contribution in [0, 0.1) is 5.92 Å². The number of hydrogen-bond acceptors (Lipinski definition) is 3. The molecule has 1 saturated heterocycles. The number of likely N-dealkylation sites (tertiary alicyclic amines) is 1. The lowest BCUT2D eigenvalue weighted by Gasteiger charge is -2.37. The SMILES string of the molecule is CC(C)C[C@H](N)C(=O)N1CCCCC1P(=O)(O)O. The molecule has 7 heteroatoms. The van der Waals surface area contributed by atoms with Crippen molar-refractivity contribution in [3.63, 3.8) is 0 Å². The number of rotatable bonds is 4. The van der Waals surface area contributed by atoms with E-state index in [4.69, 9.17) is 5.73 Å². The van der Waals surface area contributed by atoms with Crippen LogP contribution in [0.3, 0.4) is 0 Å². The van der Waals surface area contributed by atoms with Gasteiger partial charge in [-0.2, -0.15) is 0 Å². The molecule has 1 aliphatic heterocycles. The minimum absolute atomic E-state index is 0.280. The monoisotopic (exact) mass is 278 g/mol. The molecule has 0 aromatic rings. The molecule has 0 aromatic heterocycles. The molecule has 18 heavy (non-hydrogen) atoms. The number of nitrogens with two attached hydrogens (primary N) is 1. The minimum atomic E-state index is -4.28. The van der Waals surface area contributed by atoms with E-state index in [1.54, 1.807) is 0 Å². The first-order chi connectivity index (χ1) is 8.23. The highest BCUT2D eigenvalue weighted by Crippen LogP contribution is 2.47. The highest BCUT2D eigenvalue weighted by Gasteiger charge is 2.40. The summed E-state index contributed by atoms with van der Waals surface area (Å²) in [5, 5.41) is 0. The van der Waals surface area contributed by atoms with Gasteiger partial charge < -0.3 is 20.4 Å². The lowest BCUT2D eigenvalue weighted by molar-refractivity contribution is -0.135. The number of piperidine rings is 1. The Balaban J connectivity index is 2.77. The van der Waals surface area contributed by atoms with Crippen LogP contribution in [0.4, 0.5) is 0 Å². The van der Waals surface area contributed by atoms with Crippen molar-refractivity contribution in [2.45, 2.75) is 51.4 Å². The average Bonchev–Trinajstić information content (AvgIpc) is 2.26. The lowest BCUT2D eigenvalue weighted by atomic mass is 10.0. The smallest absolute Gasteiger partial charge is 0.327 e. The van der Waals surface area contributed by atoms with Crippen LogP contribution < -0.4 is 5.73 Å². The van der Waals surface area contributed by atoms with Gasteiger partial charge in [-0.15, -0.1) is 0 Å². The molecule has 0 spiro atoms. The maximum atomic E-state index is 12.1. The van der Waals surface area contributed by atoms with E-state index in [9.17, 15) is 19.1 Å². The predicted octanol–water partition coefficient (Wildman–Crippen LogP) is 0.876. The van der Waals surface area contributed by atoms with Gasteiger partial charge in [-0.1, -0.05) is 13.8 Å². The van der Waals surface area contributed by atoms with Crippen molar-refractivity contribution in [2.24, 2.45) is 11.7 Å². The zero-order chi connectivity index (χ0) is 13.9. The maximum Gasteiger partial charge on any atom is 0.347 e. The van der Waals surface area contributed by atoms with Crippen molar-refractivity contribution in [3.8, 4) is 0 Å². The van der Waals surface area contributed by atoms with Gasteiger partial charge in [-0.3, -0.25) is 9.36 Å². The zero-order valence-electron chi connectivity index (χ0n) is 11.0. The van der Waals surface area contributed by atoms with Gasteiger partial charge in [0.05, 0.1) is 6.04 Å². The number of hydrogen-bond donors (Lipinski definition) is 3. The molecule has 0 radical (unpaired) electrons. The third-order valence-corrected chi connectivity index (χ3v) is 4.50. The normalized spacial score (nSPS) is 23.2. The highest BCUT2D eigenvalue weighted by atomic mass is 31.2. The van der Waals surface area contributed by atoms with Gasteiger partial charge in [-0.25, -0.2) is 0 Å². The summed E-state index contributed by atoms with van der Waals surface area (Å²) < 4.78 is 11.4. The molecule has 6 nitrogen and oxygen atoms in total. The Morgan fingerprint density at radius 3 is 2.56 bits per heavy atom. The van der Waals surface area contributed by atoms with E-state index in [0.717, 1.165) is 12.8 Å². The first-order valence-corrected chi connectivity index (χ1v) is 8.03. The van der Waals surface area contributed by atoms with Crippen molar-refractivity contribution in [1.82, 2.24) is 4.90 Å². The van der Waals surface area contributed by atoms with Gasteiger partial charge >= 0.3 is 7.60 Å². The van der Waals surface area contributed by atoms with E-state index >= 15 is 0 Å². The van der Waals surface area contributed by atoms with Gasteiger partial charge in [0.2, 0.25) is 5.91 Å². The van der Waals surface area contributed by atoms with Crippen molar-refractivity contribution in [3.05, 3.63) is 0 Å². The summed E-state index contributed by atoms with van der Waals surface area (Å²) in [6.07, 6.45) is 2.39. The van der Waals surface area contributed by atoms with Gasteiger partial charge in [0.25, 0.3) is 0 Å². The molecule has 0 bridgehead atoms. The Kier molecular flexibility index (Phi) is 5.34. The molecule has 1 fully saturated rings. The van der Waals surface area contributed by atoms with Crippen LogP contribution in [-0.2, 0) is 9.36 Å². The van der Waals surface area contributed by atoms with Crippen LogP contribution in [0.2, 0.25) is 0 Å². The van der Waals surface area contributed by atoms with Gasteiger partial charge in [0.1, 0.15) is 5.78 Å².